The molecule has 0 saturated carbocycles. The third-order valence-corrected chi connectivity index (χ3v) is 8.62. The van der Waals surface area contributed by atoms with E-state index in [1.807, 2.05) is 12.3 Å². The van der Waals surface area contributed by atoms with E-state index in [1.165, 1.54) is 71.7 Å². The molecule has 190 valence electrons. The number of fused-ring (bicyclic) bond motifs is 13. The van der Waals surface area contributed by atoms with Crippen molar-refractivity contribution >= 4 is 32.7 Å². The van der Waals surface area contributed by atoms with Crippen molar-refractivity contribution in [3.8, 4) is 50.2 Å². The van der Waals surface area contributed by atoms with E-state index in [0.29, 0.717) is 0 Å². The average molecular weight is 521 g/mol. The Hall–Kier alpha value is -5.47. The quantitative estimate of drug-likeness (QED) is 0.210. The van der Waals surface area contributed by atoms with Gasteiger partial charge >= 0.3 is 0 Å². The van der Waals surface area contributed by atoms with Crippen molar-refractivity contribution in [1.82, 2.24) is 9.55 Å². The average Bonchev–Trinajstić information content (AvgIpc) is 3.38. The molecule has 0 bridgehead atoms. The molecule has 1 aliphatic rings. The van der Waals surface area contributed by atoms with Gasteiger partial charge in [0.05, 0.1) is 16.6 Å². The van der Waals surface area contributed by atoms with Crippen LogP contribution in [-0.2, 0) is 0 Å². The summed E-state index contributed by atoms with van der Waals surface area (Å²) in [6.07, 6.45) is 1.88. The molecule has 9 rings (SSSR count). The standard InChI is InChI=1S/C39H24N2/c1-3-12-28-26(10-1)27-11-2-4-13-29(27)35-24-25(41-37-17-7-5-14-30(37)31-15-6-8-18-38(31)41)19-20-33(35)39-32(28)21-22-36-34(39)16-9-23-40-36/h1-24H. The molecule has 0 spiro atoms. The lowest BCUT2D eigenvalue weighted by molar-refractivity contribution is 1.18. The Kier molecular flexibility index (Phi) is 4.64. The fraction of sp³-hybridized carbons (Fsp3) is 0. The van der Waals surface area contributed by atoms with E-state index in [1.54, 1.807) is 0 Å². The van der Waals surface area contributed by atoms with Crippen LogP contribution in [-0.4, -0.2) is 9.55 Å². The Morgan fingerprint density at radius 3 is 1.61 bits per heavy atom. The Morgan fingerprint density at radius 1 is 0.390 bits per heavy atom. The van der Waals surface area contributed by atoms with Gasteiger partial charge in [-0.2, -0.15) is 0 Å². The molecule has 0 aliphatic heterocycles. The summed E-state index contributed by atoms with van der Waals surface area (Å²) in [4.78, 5) is 4.74. The van der Waals surface area contributed by atoms with E-state index in [9.17, 15) is 0 Å². The zero-order valence-corrected chi connectivity index (χ0v) is 22.3. The Morgan fingerprint density at radius 2 is 0.927 bits per heavy atom. The molecule has 0 radical (unpaired) electrons. The summed E-state index contributed by atoms with van der Waals surface area (Å²) in [6, 6.07) is 50.7. The van der Waals surface area contributed by atoms with E-state index in [4.69, 9.17) is 4.98 Å². The van der Waals surface area contributed by atoms with Crippen molar-refractivity contribution in [1.29, 1.82) is 0 Å². The van der Waals surface area contributed by atoms with Gasteiger partial charge in [-0.3, -0.25) is 4.98 Å². The molecule has 0 unspecified atom stereocenters. The van der Waals surface area contributed by atoms with Crippen LogP contribution in [0.2, 0.25) is 0 Å². The number of nitrogens with zero attached hydrogens (tertiary/aromatic N) is 2. The smallest absolute Gasteiger partial charge is 0.0708 e. The molecule has 0 saturated heterocycles. The van der Waals surface area contributed by atoms with Crippen LogP contribution in [0.4, 0.5) is 0 Å². The van der Waals surface area contributed by atoms with Crippen LogP contribution in [0.15, 0.2) is 146 Å². The van der Waals surface area contributed by atoms with Crippen molar-refractivity contribution in [3.05, 3.63) is 146 Å². The zero-order valence-electron chi connectivity index (χ0n) is 22.3. The second kappa shape index (κ2) is 8.51. The van der Waals surface area contributed by atoms with E-state index in [0.717, 1.165) is 11.2 Å². The zero-order chi connectivity index (χ0) is 26.9. The van der Waals surface area contributed by atoms with E-state index >= 15 is 0 Å². The van der Waals surface area contributed by atoms with Crippen molar-refractivity contribution in [3.63, 3.8) is 0 Å². The highest BCUT2D eigenvalue weighted by molar-refractivity contribution is 6.12. The van der Waals surface area contributed by atoms with Gasteiger partial charge < -0.3 is 4.57 Å². The van der Waals surface area contributed by atoms with Crippen molar-refractivity contribution < 1.29 is 0 Å². The Balaban J connectivity index is 1.44. The molecule has 6 aromatic carbocycles. The maximum atomic E-state index is 4.74. The predicted molar refractivity (Wildman–Crippen MR) is 171 cm³/mol. The number of aromatic nitrogens is 2. The Bertz CT molecular complexity index is 2270. The highest BCUT2D eigenvalue weighted by atomic mass is 15.0. The van der Waals surface area contributed by atoms with Crippen LogP contribution in [0.3, 0.4) is 0 Å². The van der Waals surface area contributed by atoms with Gasteiger partial charge in [0.25, 0.3) is 0 Å². The first-order chi connectivity index (χ1) is 20.4. The molecule has 2 nitrogen and oxygen atoms in total. The molecule has 0 N–H and O–H groups in total. The lowest BCUT2D eigenvalue weighted by Crippen LogP contribution is -2.00. The van der Waals surface area contributed by atoms with Gasteiger partial charge in [0.15, 0.2) is 0 Å². The van der Waals surface area contributed by atoms with Gasteiger partial charge in [0.1, 0.15) is 0 Å². The molecular weight excluding hydrogens is 496 g/mol. The summed E-state index contributed by atoms with van der Waals surface area (Å²) in [5, 5.41) is 3.71. The number of hydrogen-bond donors (Lipinski definition) is 0. The van der Waals surface area contributed by atoms with E-state index in [-0.39, 0.29) is 0 Å². The summed E-state index contributed by atoms with van der Waals surface area (Å²) >= 11 is 0. The summed E-state index contributed by atoms with van der Waals surface area (Å²) in [5.74, 6) is 0. The van der Waals surface area contributed by atoms with Crippen molar-refractivity contribution in [2.75, 3.05) is 0 Å². The van der Waals surface area contributed by atoms with E-state index < -0.39 is 0 Å². The van der Waals surface area contributed by atoms with Crippen molar-refractivity contribution in [2.45, 2.75) is 0 Å². The normalized spacial score (nSPS) is 11.9. The minimum atomic E-state index is 1.01. The molecule has 2 aromatic heterocycles. The van der Waals surface area contributed by atoms with Gasteiger partial charge in [0.2, 0.25) is 0 Å². The van der Waals surface area contributed by atoms with Crippen molar-refractivity contribution in [2.24, 2.45) is 0 Å². The maximum Gasteiger partial charge on any atom is 0.0708 e. The Labute approximate surface area is 237 Å². The molecule has 2 heteroatoms. The summed E-state index contributed by atoms with van der Waals surface area (Å²) < 4.78 is 2.41. The monoisotopic (exact) mass is 520 g/mol. The number of pyridine rings is 1. The minimum absolute atomic E-state index is 1.01. The van der Waals surface area contributed by atoms with Crippen LogP contribution in [0, 0.1) is 0 Å². The van der Waals surface area contributed by atoms with Crippen LogP contribution in [0.5, 0.6) is 0 Å². The largest absolute Gasteiger partial charge is 0.309 e. The molecule has 41 heavy (non-hydrogen) atoms. The molecule has 0 amide bonds. The molecule has 8 aromatic rings. The first-order valence-electron chi connectivity index (χ1n) is 14.1. The molecule has 0 atom stereocenters. The third kappa shape index (κ3) is 3.16. The SMILES string of the molecule is c1ccc2c(c1)-c1ccccc1-c1ccc3ncccc3c1-c1ccc(-n3c4ccccc4c4ccccc43)cc1-2. The summed E-state index contributed by atoms with van der Waals surface area (Å²) in [5.41, 5.74) is 14.5. The number of benzene rings is 6. The molecular formula is C39H24N2. The highest BCUT2D eigenvalue weighted by Gasteiger charge is 2.24. The van der Waals surface area contributed by atoms with Crippen LogP contribution in [0.25, 0.3) is 82.9 Å². The maximum absolute atomic E-state index is 4.74. The predicted octanol–water partition coefficient (Wildman–Crippen LogP) is 10.3. The first kappa shape index (κ1) is 22.4. The number of hydrogen-bond acceptors (Lipinski definition) is 1. The lowest BCUT2D eigenvalue weighted by Gasteiger charge is -2.25. The lowest BCUT2D eigenvalue weighted by atomic mass is 9.79. The van der Waals surface area contributed by atoms with Crippen LogP contribution in [0.1, 0.15) is 0 Å². The van der Waals surface area contributed by atoms with Crippen LogP contribution >= 0.6 is 0 Å². The minimum Gasteiger partial charge on any atom is -0.309 e. The van der Waals surface area contributed by atoms with Gasteiger partial charge in [-0.1, -0.05) is 103 Å². The topological polar surface area (TPSA) is 17.8 Å². The molecule has 2 heterocycles. The number of rotatable bonds is 1. The van der Waals surface area contributed by atoms with Gasteiger partial charge in [-0.25, -0.2) is 0 Å². The second-order valence-corrected chi connectivity index (χ2v) is 10.7. The molecule has 0 fully saturated rings. The third-order valence-electron chi connectivity index (χ3n) is 8.62. The van der Waals surface area contributed by atoms with E-state index in [2.05, 4.69) is 138 Å². The second-order valence-electron chi connectivity index (χ2n) is 10.7. The summed E-state index contributed by atoms with van der Waals surface area (Å²) in [6.45, 7) is 0. The molecule has 1 aliphatic carbocycles. The van der Waals surface area contributed by atoms with Gasteiger partial charge in [-0.15, -0.1) is 0 Å². The fourth-order valence-corrected chi connectivity index (χ4v) is 6.89. The fourth-order valence-electron chi connectivity index (χ4n) is 6.89. The van der Waals surface area contributed by atoms with Crippen LogP contribution < -0.4 is 0 Å². The van der Waals surface area contributed by atoms with Gasteiger partial charge in [-0.05, 0) is 80.9 Å². The summed E-state index contributed by atoms with van der Waals surface area (Å²) in [7, 11) is 0. The highest BCUT2D eigenvalue weighted by Crippen LogP contribution is 2.50. The number of para-hydroxylation sites is 2. The van der Waals surface area contributed by atoms with Gasteiger partial charge in [0, 0.05) is 28.0 Å². The first-order valence-corrected chi connectivity index (χ1v) is 14.1.